The third kappa shape index (κ3) is 3.18. The van der Waals surface area contributed by atoms with Crippen molar-refractivity contribution in [3.05, 3.63) is 65.5 Å². The Labute approximate surface area is 146 Å². The summed E-state index contributed by atoms with van der Waals surface area (Å²) in [5, 5.41) is 10.9. The molecule has 2 unspecified atom stereocenters. The quantitative estimate of drug-likeness (QED) is 0.780. The summed E-state index contributed by atoms with van der Waals surface area (Å²) in [6, 6.07) is 15.9. The van der Waals surface area contributed by atoms with Crippen molar-refractivity contribution < 1.29 is 9.21 Å². The van der Waals surface area contributed by atoms with Gasteiger partial charge in [-0.2, -0.15) is 0 Å². The Hall–Kier alpha value is -2.95. The molecule has 1 aromatic heterocycles. The number of amides is 1. The summed E-state index contributed by atoms with van der Waals surface area (Å²) in [5.74, 6) is 1.27. The van der Waals surface area contributed by atoms with Crippen molar-refractivity contribution >= 4 is 11.6 Å². The molecule has 4 rings (SSSR count). The SMILES string of the molecule is Cc1cccc(C2CC2C(=O)Nc2ccccc2-c2nnc(C)o2)c1. The molecule has 25 heavy (non-hydrogen) atoms. The summed E-state index contributed by atoms with van der Waals surface area (Å²) in [5.41, 5.74) is 3.90. The topological polar surface area (TPSA) is 68.0 Å². The Balaban J connectivity index is 1.51. The van der Waals surface area contributed by atoms with E-state index in [1.165, 1.54) is 11.1 Å². The van der Waals surface area contributed by atoms with E-state index in [9.17, 15) is 4.79 Å². The molecule has 126 valence electrons. The minimum absolute atomic E-state index is 0.0132. The van der Waals surface area contributed by atoms with Crippen molar-refractivity contribution in [2.75, 3.05) is 5.32 Å². The number of hydrogen-bond donors (Lipinski definition) is 1. The van der Waals surface area contributed by atoms with Crippen LogP contribution < -0.4 is 5.32 Å². The molecule has 0 aliphatic heterocycles. The fourth-order valence-corrected chi connectivity index (χ4v) is 3.16. The average molecular weight is 333 g/mol. The van der Waals surface area contributed by atoms with Crippen LogP contribution in [0.5, 0.6) is 0 Å². The van der Waals surface area contributed by atoms with Crippen LogP contribution in [0.25, 0.3) is 11.5 Å². The lowest BCUT2D eigenvalue weighted by atomic mass is 10.1. The average Bonchev–Trinajstić information content (AvgIpc) is 3.30. The van der Waals surface area contributed by atoms with E-state index in [-0.39, 0.29) is 11.8 Å². The molecule has 1 aliphatic carbocycles. The minimum Gasteiger partial charge on any atom is -0.421 e. The first-order valence-electron chi connectivity index (χ1n) is 8.39. The molecule has 0 spiro atoms. The van der Waals surface area contributed by atoms with Gasteiger partial charge < -0.3 is 9.73 Å². The molecule has 2 aromatic carbocycles. The van der Waals surface area contributed by atoms with Crippen LogP contribution in [-0.2, 0) is 4.79 Å². The summed E-state index contributed by atoms with van der Waals surface area (Å²) in [7, 11) is 0. The van der Waals surface area contributed by atoms with Gasteiger partial charge in [0.05, 0.1) is 11.3 Å². The first kappa shape index (κ1) is 15.6. The van der Waals surface area contributed by atoms with Gasteiger partial charge in [0, 0.05) is 12.8 Å². The number of anilines is 1. The number of benzene rings is 2. The molecule has 1 amide bonds. The van der Waals surface area contributed by atoms with Crippen molar-refractivity contribution in [3.8, 4) is 11.5 Å². The second-order valence-electron chi connectivity index (χ2n) is 6.52. The summed E-state index contributed by atoms with van der Waals surface area (Å²) in [6.45, 7) is 3.82. The number of hydrogen-bond acceptors (Lipinski definition) is 4. The van der Waals surface area contributed by atoms with Gasteiger partial charge in [-0.3, -0.25) is 4.79 Å². The summed E-state index contributed by atoms with van der Waals surface area (Å²) in [4.78, 5) is 12.7. The fourth-order valence-electron chi connectivity index (χ4n) is 3.16. The van der Waals surface area contributed by atoms with Crippen molar-refractivity contribution in [3.63, 3.8) is 0 Å². The second kappa shape index (κ2) is 6.16. The van der Waals surface area contributed by atoms with Crippen LogP contribution in [0.15, 0.2) is 52.9 Å². The number of rotatable bonds is 4. The van der Waals surface area contributed by atoms with Gasteiger partial charge in [-0.15, -0.1) is 10.2 Å². The molecule has 0 bridgehead atoms. The zero-order chi connectivity index (χ0) is 17.4. The molecule has 1 heterocycles. The maximum atomic E-state index is 12.7. The lowest BCUT2D eigenvalue weighted by Crippen LogP contribution is -2.15. The predicted molar refractivity (Wildman–Crippen MR) is 95.1 cm³/mol. The number of para-hydroxylation sites is 1. The normalized spacial score (nSPS) is 18.8. The first-order valence-corrected chi connectivity index (χ1v) is 8.39. The van der Waals surface area contributed by atoms with E-state index in [0.717, 1.165) is 12.0 Å². The molecule has 1 saturated carbocycles. The molecule has 3 aromatic rings. The molecule has 1 aliphatic rings. The van der Waals surface area contributed by atoms with Crippen molar-refractivity contribution in [1.29, 1.82) is 0 Å². The Morgan fingerprint density at radius 1 is 1.12 bits per heavy atom. The highest BCUT2D eigenvalue weighted by atomic mass is 16.4. The Bertz CT molecular complexity index is 932. The van der Waals surface area contributed by atoms with Gasteiger partial charge >= 0.3 is 0 Å². The summed E-state index contributed by atoms with van der Waals surface area (Å²) in [6.07, 6.45) is 0.886. The van der Waals surface area contributed by atoms with Crippen LogP contribution in [0.4, 0.5) is 5.69 Å². The first-order chi connectivity index (χ1) is 12.1. The largest absolute Gasteiger partial charge is 0.421 e. The second-order valence-corrected chi connectivity index (χ2v) is 6.52. The van der Waals surface area contributed by atoms with Crippen LogP contribution in [0.1, 0.15) is 29.4 Å². The van der Waals surface area contributed by atoms with Gasteiger partial charge in [-0.1, -0.05) is 42.0 Å². The van der Waals surface area contributed by atoms with E-state index in [1.54, 1.807) is 6.92 Å². The van der Waals surface area contributed by atoms with Gasteiger partial charge in [-0.25, -0.2) is 0 Å². The number of carbonyl (C=O) groups excluding carboxylic acids is 1. The van der Waals surface area contributed by atoms with Crippen LogP contribution in [-0.4, -0.2) is 16.1 Å². The Morgan fingerprint density at radius 3 is 2.72 bits per heavy atom. The molecule has 5 heteroatoms. The van der Waals surface area contributed by atoms with Crippen molar-refractivity contribution in [1.82, 2.24) is 10.2 Å². The molecule has 0 saturated heterocycles. The zero-order valence-corrected chi connectivity index (χ0v) is 14.2. The van der Waals surface area contributed by atoms with Crippen LogP contribution in [0, 0.1) is 19.8 Å². The van der Waals surface area contributed by atoms with Gasteiger partial charge in [0.1, 0.15) is 0 Å². The third-order valence-corrected chi connectivity index (χ3v) is 4.54. The molecule has 1 N–H and O–H groups in total. The molecular weight excluding hydrogens is 314 g/mol. The number of aryl methyl sites for hydroxylation is 2. The van der Waals surface area contributed by atoms with E-state index in [2.05, 4.69) is 40.6 Å². The van der Waals surface area contributed by atoms with Crippen LogP contribution in [0.2, 0.25) is 0 Å². The number of nitrogens with zero attached hydrogens (tertiary/aromatic N) is 2. The highest BCUT2D eigenvalue weighted by Gasteiger charge is 2.44. The fraction of sp³-hybridized carbons (Fsp3) is 0.250. The van der Waals surface area contributed by atoms with E-state index in [0.29, 0.717) is 23.4 Å². The van der Waals surface area contributed by atoms with E-state index >= 15 is 0 Å². The summed E-state index contributed by atoms with van der Waals surface area (Å²) < 4.78 is 5.50. The van der Waals surface area contributed by atoms with Crippen molar-refractivity contribution in [2.24, 2.45) is 5.92 Å². The Morgan fingerprint density at radius 2 is 1.96 bits per heavy atom. The lowest BCUT2D eigenvalue weighted by molar-refractivity contribution is -0.117. The molecule has 2 atom stereocenters. The highest BCUT2D eigenvalue weighted by molar-refractivity contribution is 5.98. The van der Waals surface area contributed by atoms with E-state index < -0.39 is 0 Å². The molecule has 5 nitrogen and oxygen atoms in total. The third-order valence-electron chi connectivity index (χ3n) is 4.54. The minimum atomic E-state index is 0.0132. The van der Waals surface area contributed by atoms with Gasteiger partial charge in [0.15, 0.2) is 0 Å². The Kier molecular flexibility index (Phi) is 3.84. The van der Waals surface area contributed by atoms with E-state index in [4.69, 9.17) is 4.42 Å². The zero-order valence-electron chi connectivity index (χ0n) is 14.2. The molecule has 1 fully saturated rings. The van der Waals surface area contributed by atoms with Crippen LogP contribution >= 0.6 is 0 Å². The number of aromatic nitrogens is 2. The van der Waals surface area contributed by atoms with Gasteiger partial charge in [0.2, 0.25) is 17.7 Å². The number of carbonyl (C=O) groups is 1. The molecular formula is C20H19N3O2. The standard InChI is InChI=1S/C20H19N3O2/c1-12-6-5-7-14(10-12)16-11-17(16)19(24)21-18-9-4-3-8-15(18)20-23-22-13(2)25-20/h3-10,16-17H,11H2,1-2H3,(H,21,24). The smallest absolute Gasteiger partial charge is 0.249 e. The maximum Gasteiger partial charge on any atom is 0.249 e. The van der Waals surface area contributed by atoms with Crippen molar-refractivity contribution in [2.45, 2.75) is 26.2 Å². The summed E-state index contributed by atoms with van der Waals surface area (Å²) >= 11 is 0. The van der Waals surface area contributed by atoms with Gasteiger partial charge in [-0.05, 0) is 37.0 Å². The highest BCUT2D eigenvalue weighted by Crippen LogP contribution is 2.48. The van der Waals surface area contributed by atoms with Gasteiger partial charge in [0.25, 0.3) is 0 Å². The lowest BCUT2D eigenvalue weighted by Gasteiger charge is -2.08. The number of nitrogens with one attached hydrogen (secondary N) is 1. The van der Waals surface area contributed by atoms with Crippen LogP contribution in [0.3, 0.4) is 0 Å². The maximum absolute atomic E-state index is 12.7. The van der Waals surface area contributed by atoms with E-state index in [1.807, 2.05) is 30.3 Å². The predicted octanol–water partition coefficient (Wildman–Crippen LogP) is 4.10. The molecule has 0 radical (unpaired) electrons. The monoisotopic (exact) mass is 333 g/mol.